The number of likely N-dealkylation sites (tertiary alicyclic amines) is 1. The average Bonchev–Trinajstić information content (AvgIpc) is 2.69. The number of rotatable bonds is 5. The van der Waals surface area contributed by atoms with Crippen molar-refractivity contribution in [1.29, 1.82) is 0 Å². The van der Waals surface area contributed by atoms with Gasteiger partial charge in [-0.1, -0.05) is 18.3 Å². The lowest BCUT2D eigenvalue weighted by molar-refractivity contribution is -0.119. The number of carbonyl (C=O) groups is 1. The first kappa shape index (κ1) is 18.9. The van der Waals surface area contributed by atoms with Gasteiger partial charge in [-0.2, -0.15) is 0 Å². The molecule has 4 N–H and O–H groups in total. The third-order valence-corrected chi connectivity index (χ3v) is 5.44. The highest BCUT2D eigenvalue weighted by Crippen LogP contribution is 2.22. The summed E-state index contributed by atoms with van der Waals surface area (Å²) >= 11 is 5.24. The number of piperidine rings is 1. The summed E-state index contributed by atoms with van der Waals surface area (Å²) in [6.45, 7) is 1.95. The van der Waals surface area contributed by atoms with E-state index in [1.807, 2.05) is 24.6 Å². The highest BCUT2D eigenvalue weighted by Gasteiger charge is 2.26. The van der Waals surface area contributed by atoms with E-state index in [2.05, 4.69) is 25.6 Å². The van der Waals surface area contributed by atoms with E-state index in [0.717, 1.165) is 55.9 Å². The Morgan fingerprint density at radius 1 is 1.27 bits per heavy atom. The number of nitrogens with two attached hydrogens (primary N) is 1. The number of nitrogens with one attached hydrogen (secondary N) is 2. The number of nitrogens with zero attached hydrogens (tertiary/aromatic N) is 3. The monoisotopic (exact) mass is 374 g/mol. The van der Waals surface area contributed by atoms with Crippen LogP contribution in [0.15, 0.2) is 33.7 Å². The predicted octanol–water partition coefficient (Wildman–Crippen LogP) is 1.43. The summed E-state index contributed by atoms with van der Waals surface area (Å²) in [5.74, 6) is 6.35. The molecule has 3 rings (SSSR count). The molecule has 0 aliphatic carbocycles. The Bertz CT molecular complexity index is 661. The number of hydrogen-bond acceptors (Lipinski definition) is 6. The largest absolute Gasteiger partial charge is 0.318 e. The Hall–Kier alpha value is -1.90. The topological polar surface area (TPSA) is 95.1 Å². The Morgan fingerprint density at radius 3 is 2.69 bits per heavy atom. The van der Waals surface area contributed by atoms with Gasteiger partial charge in [0.25, 0.3) is 0 Å². The number of thiocarbonyl (C=S) groups is 1. The molecule has 26 heavy (non-hydrogen) atoms. The molecule has 0 spiro atoms. The second kappa shape index (κ2) is 9.16. The molecule has 0 bridgehead atoms. The fraction of sp³-hybridized carbons (Fsp3) is 0.556. The number of allylic oxidation sites excluding steroid dienone is 1. The van der Waals surface area contributed by atoms with Crippen LogP contribution in [-0.2, 0) is 4.79 Å². The molecule has 0 aromatic rings. The Kier molecular flexibility index (Phi) is 6.65. The molecule has 1 unspecified atom stereocenters. The summed E-state index contributed by atoms with van der Waals surface area (Å²) in [6.07, 6.45) is 12.9. The van der Waals surface area contributed by atoms with Crippen molar-refractivity contribution in [2.75, 3.05) is 13.1 Å². The quantitative estimate of drug-likeness (QED) is 0.384. The summed E-state index contributed by atoms with van der Waals surface area (Å²) in [5.41, 5.74) is 3.44. The highest BCUT2D eigenvalue weighted by molar-refractivity contribution is 7.80. The van der Waals surface area contributed by atoms with Crippen molar-refractivity contribution in [2.24, 2.45) is 21.7 Å². The summed E-state index contributed by atoms with van der Waals surface area (Å²) in [6, 6.07) is 0.279. The first-order chi connectivity index (χ1) is 12.7. The van der Waals surface area contributed by atoms with E-state index in [4.69, 9.17) is 18.1 Å². The van der Waals surface area contributed by atoms with Crippen LogP contribution in [0.25, 0.3) is 0 Å². The molecule has 7 nitrogen and oxygen atoms in total. The van der Waals surface area contributed by atoms with Gasteiger partial charge in [0.2, 0.25) is 5.91 Å². The fourth-order valence-electron chi connectivity index (χ4n) is 3.48. The normalized spacial score (nSPS) is 24.0. The maximum atomic E-state index is 12.1. The van der Waals surface area contributed by atoms with Gasteiger partial charge in [0.15, 0.2) is 0 Å². The lowest BCUT2D eigenvalue weighted by Gasteiger charge is -2.36. The molecule has 3 aliphatic heterocycles. The van der Waals surface area contributed by atoms with Gasteiger partial charge >= 0.3 is 0 Å². The van der Waals surface area contributed by atoms with Crippen LogP contribution in [0.2, 0.25) is 0 Å². The van der Waals surface area contributed by atoms with Crippen molar-refractivity contribution in [2.45, 2.75) is 44.6 Å². The number of hydrogen-bond donors (Lipinski definition) is 3. The maximum absolute atomic E-state index is 12.1. The predicted molar refractivity (Wildman–Crippen MR) is 108 cm³/mol. The van der Waals surface area contributed by atoms with E-state index >= 15 is 0 Å². The molecule has 1 amide bonds. The van der Waals surface area contributed by atoms with Crippen LogP contribution in [-0.4, -0.2) is 47.4 Å². The van der Waals surface area contributed by atoms with E-state index in [9.17, 15) is 4.79 Å². The van der Waals surface area contributed by atoms with Crippen molar-refractivity contribution in [1.82, 2.24) is 15.6 Å². The zero-order valence-corrected chi connectivity index (χ0v) is 15.7. The minimum absolute atomic E-state index is 0.0687. The third-order valence-electron chi connectivity index (χ3n) is 4.99. The lowest BCUT2D eigenvalue weighted by Crippen LogP contribution is -2.46. The fourth-order valence-corrected chi connectivity index (χ4v) is 3.71. The van der Waals surface area contributed by atoms with Crippen molar-refractivity contribution < 1.29 is 4.79 Å². The minimum Gasteiger partial charge on any atom is -0.318 e. The van der Waals surface area contributed by atoms with Gasteiger partial charge in [-0.3, -0.25) is 20.5 Å². The highest BCUT2D eigenvalue weighted by atomic mass is 32.1. The van der Waals surface area contributed by atoms with Gasteiger partial charge < -0.3 is 10.7 Å². The van der Waals surface area contributed by atoms with Crippen molar-refractivity contribution in [3.8, 4) is 0 Å². The smallest absolute Gasteiger partial charge is 0.231 e. The van der Waals surface area contributed by atoms with Gasteiger partial charge in [-0.05, 0) is 51.3 Å². The van der Waals surface area contributed by atoms with E-state index in [1.54, 1.807) is 0 Å². The van der Waals surface area contributed by atoms with Crippen molar-refractivity contribution in [3.63, 3.8) is 0 Å². The zero-order chi connectivity index (χ0) is 18.4. The third kappa shape index (κ3) is 5.06. The number of carbonyl (C=O) groups excluding carboxylic acids is 1. The Labute approximate surface area is 159 Å². The van der Waals surface area contributed by atoms with Gasteiger partial charge in [-0.25, -0.2) is 4.99 Å². The molecule has 0 radical (unpaired) electrons. The summed E-state index contributed by atoms with van der Waals surface area (Å²) in [4.78, 5) is 24.0. The van der Waals surface area contributed by atoms with Crippen LogP contribution in [0.3, 0.4) is 0 Å². The molecular weight excluding hydrogens is 348 g/mol. The zero-order valence-electron chi connectivity index (χ0n) is 14.9. The summed E-state index contributed by atoms with van der Waals surface area (Å²) in [7, 11) is 0. The summed E-state index contributed by atoms with van der Waals surface area (Å²) < 4.78 is 0. The summed E-state index contributed by atoms with van der Waals surface area (Å²) in [5, 5.41) is 2.87. The van der Waals surface area contributed by atoms with Gasteiger partial charge in [0.1, 0.15) is 5.82 Å². The van der Waals surface area contributed by atoms with E-state index < -0.39 is 0 Å². The maximum Gasteiger partial charge on any atom is 0.231 e. The van der Waals surface area contributed by atoms with Gasteiger partial charge in [0, 0.05) is 30.1 Å². The van der Waals surface area contributed by atoms with Crippen LogP contribution in [0.5, 0.6) is 0 Å². The standard InChI is InChI=1S/C18H26N6OS/c19-23-18(26)13-6-9-24(10-7-13)15-4-5-16(21-12-15)22-17(25)11-14-3-1-2-8-20-14/h3,5,8,12-13,15H,1-2,4,6-7,9-11,19H2,(H,22,25)(H,23,26). The van der Waals surface area contributed by atoms with Crippen molar-refractivity contribution >= 4 is 35.5 Å². The van der Waals surface area contributed by atoms with Crippen molar-refractivity contribution in [3.05, 3.63) is 23.7 Å². The first-order valence-electron chi connectivity index (χ1n) is 9.16. The van der Waals surface area contributed by atoms with Crippen LogP contribution in [0.1, 0.15) is 38.5 Å². The number of aliphatic imine (C=N–C) groups is 2. The molecule has 8 heteroatoms. The van der Waals surface area contributed by atoms with Gasteiger partial charge in [-0.15, -0.1) is 0 Å². The molecule has 1 saturated heterocycles. The van der Waals surface area contributed by atoms with Crippen LogP contribution in [0, 0.1) is 5.92 Å². The second-order valence-corrected chi connectivity index (χ2v) is 7.24. The minimum atomic E-state index is -0.0687. The molecule has 3 heterocycles. The molecule has 0 saturated carbocycles. The molecule has 1 fully saturated rings. The first-order valence-corrected chi connectivity index (χ1v) is 9.57. The van der Waals surface area contributed by atoms with Crippen LogP contribution in [0.4, 0.5) is 0 Å². The van der Waals surface area contributed by atoms with E-state index in [1.165, 1.54) is 0 Å². The number of amides is 1. The molecule has 1 atom stereocenters. The van der Waals surface area contributed by atoms with Crippen LogP contribution < -0.4 is 16.6 Å². The molecule has 0 aromatic carbocycles. The molecular formula is C18H26N6OS. The van der Waals surface area contributed by atoms with E-state index in [-0.39, 0.29) is 11.9 Å². The van der Waals surface area contributed by atoms with Gasteiger partial charge in [0.05, 0.1) is 11.4 Å². The molecule has 140 valence electrons. The molecule has 0 aromatic heterocycles. The Morgan fingerprint density at radius 2 is 2.08 bits per heavy atom. The average molecular weight is 375 g/mol. The number of hydrazine groups is 1. The lowest BCUT2D eigenvalue weighted by atomic mass is 9.95. The SMILES string of the molecule is NNC(=S)C1CCN(C2C=NC(NC(=O)CC3=CCCC=N3)=CC2)CC1. The second-order valence-electron chi connectivity index (χ2n) is 6.80. The Balaban J connectivity index is 1.43. The van der Waals surface area contributed by atoms with E-state index in [0.29, 0.717) is 18.2 Å². The van der Waals surface area contributed by atoms with Crippen LogP contribution >= 0.6 is 12.2 Å². The molecule has 3 aliphatic rings.